The first kappa shape index (κ1) is 12.6. The van der Waals surface area contributed by atoms with Crippen molar-refractivity contribution in [2.24, 2.45) is 0 Å². The van der Waals surface area contributed by atoms with Crippen LogP contribution in [0.15, 0.2) is 33.6 Å². The van der Waals surface area contributed by atoms with Crippen molar-refractivity contribution in [1.82, 2.24) is 5.32 Å². The minimum atomic E-state index is 0.633. The molecule has 0 aliphatic heterocycles. The van der Waals surface area contributed by atoms with Gasteiger partial charge in [-0.2, -0.15) is 0 Å². The monoisotopic (exact) mass is 219 g/mol. The fourth-order valence-electron chi connectivity index (χ4n) is 0.724. The van der Waals surface area contributed by atoms with Crippen LogP contribution in [0.3, 0.4) is 0 Å². The lowest BCUT2D eigenvalue weighted by Gasteiger charge is -2.11. The van der Waals surface area contributed by atoms with E-state index in [2.05, 4.69) is 5.32 Å². The highest BCUT2D eigenvalue weighted by Gasteiger charge is 2.04. The molecule has 1 N–H and O–H groups in total. The van der Waals surface area contributed by atoms with E-state index in [4.69, 9.17) is 23.2 Å². The number of hydrogen-bond acceptors (Lipinski definition) is 1. The minimum Gasteiger partial charge on any atom is -0.357 e. The van der Waals surface area contributed by atoms with Crippen molar-refractivity contribution in [3.8, 4) is 0 Å². The predicted octanol–water partition coefficient (Wildman–Crippen LogP) is 4.11. The molecule has 0 rings (SSSR count). The molecule has 0 aromatic carbocycles. The third kappa shape index (κ3) is 4.39. The smallest absolute Gasteiger partial charge is 0.0712 e. The van der Waals surface area contributed by atoms with Crippen molar-refractivity contribution < 1.29 is 0 Å². The molecule has 0 aromatic rings. The van der Waals surface area contributed by atoms with E-state index in [0.29, 0.717) is 10.1 Å². The first-order valence-corrected chi connectivity index (χ1v) is 4.87. The Kier molecular flexibility index (Phi) is 5.93. The molecule has 0 aromatic heterocycles. The van der Waals surface area contributed by atoms with E-state index < -0.39 is 0 Å². The van der Waals surface area contributed by atoms with E-state index in [-0.39, 0.29) is 0 Å². The van der Waals surface area contributed by atoms with Gasteiger partial charge in [-0.15, -0.1) is 0 Å². The predicted molar refractivity (Wildman–Crippen MR) is 60.7 cm³/mol. The van der Waals surface area contributed by atoms with Gasteiger partial charge in [-0.25, -0.2) is 0 Å². The normalized spacial score (nSPS) is 15.5. The number of allylic oxidation sites excluding steroid dienone is 5. The van der Waals surface area contributed by atoms with Gasteiger partial charge in [0.2, 0.25) is 0 Å². The second kappa shape index (κ2) is 6.11. The number of hydrogen-bond donors (Lipinski definition) is 1. The molecule has 0 saturated heterocycles. The highest BCUT2D eigenvalue weighted by Crippen LogP contribution is 2.19. The van der Waals surface area contributed by atoms with Gasteiger partial charge in [0.05, 0.1) is 10.7 Å². The summed E-state index contributed by atoms with van der Waals surface area (Å²) < 4.78 is 0. The zero-order valence-corrected chi connectivity index (χ0v) is 9.92. The highest BCUT2D eigenvalue weighted by atomic mass is 35.5. The fraction of sp³-hybridized carbons (Fsp3) is 0.400. The number of rotatable bonds is 3. The molecule has 74 valence electrons. The van der Waals surface area contributed by atoms with E-state index in [1.165, 1.54) is 0 Å². The van der Waals surface area contributed by atoms with Crippen LogP contribution in [0.25, 0.3) is 0 Å². The SMILES string of the molecule is C/C=C(\C)NC(=C(/C)Cl)/C(Cl)=C\C. The molecule has 0 fully saturated rings. The lowest BCUT2D eigenvalue weighted by molar-refractivity contribution is 0.981. The molecule has 1 nitrogen and oxygen atoms in total. The standard InChI is InChI=1S/C10H15Cl2N/c1-5-7(3)13-10(8(4)11)9(12)6-2/h5-6,13H,1-4H3/b7-5+,9-6+,10-8-. The van der Waals surface area contributed by atoms with Gasteiger partial charge < -0.3 is 5.32 Å². The molecule has 0 unspecified atom stereocenters. The second-order valence-electron chi connectivity index (χ2n) is 2.64. The third-order valence-corrected chi connectivity index (χ3v) is 2.19. The third-order valence-electron chi connectivity index (χ3n) is 1.59. The van der Waals surface area contributed by atoms with Crippen molar-refractivity contribution in [1.29, 1.82) is 0 Å². The Bertz CT molecular complexity index is 258. The minimum absolute atomic E-state index is 0.633. The summed E-state index contributed by atoms with van der Waals surface area (Å²) in [7, 11) is 0. The molecule has 0 bridgehead atoms. The molecular weight excluding hydrogens is 205 g/mol. The van der Waals surface area contributed by atoms with Gasteiger partial charge in [-0.3, -0.25) is 0 Å². The Morgan fingerprint density at radius 1 is 1.08 bits per heavy atom. The van der Waals surface area contributed by atoms with E-state index >= 15 is 0 Å². The average Bonchev–Trinajstić information content (AvgIpc) is 2.11. The molecule has 0 saturated carbocycles. The Morgan fingerprint density at radius 3 is 1.92 bits per heavy atom. The highest BCUT2D eigenvalue weighted by molar-refractivity contribution is 6.35. The Morgan fingerprint density at radius 2 is 1.62 bits per heavy atom. The first-order valence-electron chi connectivity index (χ1n) is 4.11. The zero-order valence-electron chi connectivity index (χ0n) is 8.41. The van der Waals surface area contributed by atoms with Crippen LogP contribution in [-0.4, -0.2) is 0 Å². The van der Waals surface area contributed by atoms with Crippen LogP contribution < -0.4 is 5.32 Å². The quantitative estimate of drug-likeness (QED) is 0.705. The van der Waals surface area contributed by atoms with E-state index in [1.54, 1.807) is 13.0 Å². The Balaban J connectivity index is 4.78. The van der Waals surface area contributed by atoms with Crippen LogP contribution in [0.4, 0.5) is 0 Å². The van der Waals surface area contributed by atoms with Crippen molar-refractivity contribution in [3.63, 3.8) is 0 Å². The Hall–Kier alpha value is -0.400. The molecule has 0 radical (unpaired) electrons. The van der Waals surface area contributed by atoms with Gasteiger partial charge >= 0.3 is 0 Å². The Labute approximate surface area is 90.1 Å². The zero-order chi connectivity index (χ0) is 10.4. The van der Waals surface area contributed by atoms with Crippen LogP contribution in [0, 0.1) is 0 Å². The van der Waals surface area contributed by atoms with Crippen LogP contribution >= 0.6 is 23.2 Å². The van der Waals surface area contributed by atoms with Crippen LogP contribution in [0.5, 0.6) is 0 Å². The molecule has 0 amide bonds. The molecular formula is C10H15Cl2N. The molecule has 0 heterocycles. The lowest BCUT2D eigenvalue weighted by Crippen LogP contribution is -2.11. The van der Waals surface area contributed by atoms with Crippen LogP contribution in [-0.2, 0) is 0 Å². The van der Waals surface area contributed by atoms with Crippen molar-refractivity contribution in [2.45, 2.75) is 27.7 Å². The van der Waals surface area contributed by atoms with Crippen molar-refractivity contribution in [3.05, 3.63) is 33.6 Å². The van der Waals surface area contributed by atoms with Crippen molar-refractivity contribution in [2.75, 3.05) is 0 Å². The van der Waals surface area contributed by atoms with Gasteiger partial charge in [0.25, 0.3) is 0 Å². The van der Waals surface area contributed by atoms with E-state index in [9.17, 15) is 0 Å². The second-order valence-corrected chi connectivity index (χ2v) is 3.62. The summed E-state index contributed by atoms with van der Waals surface area (Å²) >= 11 is 11.8. The number of halogens is 2. The molecule has 0 aliphatic carbocycles. The maximum atomic E-state index is 5.96. The van der Waals surface area contributed by atoms with E-state index in [0.717, 1.165) is 11.4 Å². The summed E-state index contributed by atoms with van der Waals surface area (Å²) in [4.78, 5) is 0. The number of nitrogens with one attached hydrogen (secondary N) is 1. The first-order chi connectivity index (χ1) is 6.02. The molecule has 0 atom stereocenters. The fourth-order valence-corrected chi connectivity index (χ4v) is 1.11. The van der Waals surface area contributed by atoms with E-state index in [1.807, 2.05) is 26.8 Å². The lowest BCUT2D eigenvalue weighted by atomic mass is 10.3. The maximum Gasteiger partial charge on any atom is 0.0712 e. The topological polar surface area (TPSA) is 12.0 Å². The summed E-state index contributed by atoms with van der Waals surface area (Å²) in [5.41, 5.74) is 1.79. The largest absolute Gasteiger partial charge is 0.357 e. The summed E-state index contributed by atoms with van der Waals surface area (Å²) in [6.07, 6.45) is 3.76. The molecule has 0 aliphatic rings. The van der Waals surface area contributed by atoms with Crippen molar-refractivity contribution >= 4 is 23.2 Å². The summed E-state index contributed by atoms with van der Waals surface area (Å²) in [6, 6.07) is 0. The summed E-state index contributed by atoms with van der Waals surface area (Å²) in [6.45, 7) is 7.58. The van der Waals surface area contributed by atoms with Gasteiger partial charge in [0.15, 0.2) is 0 Å². The molecule has 0 spiro atoms. The van der Waals surface area contributed by atoms with Gasteiger partial charge in [0, 0.05) is 10.7 Å². The van der Waals surface area contributed by atoms with Crippen LogP contribution in [0.1, 0.15) is 27.7 Å². The summed E-state index contributed by atoms with van der Waals surface area (Å²) in [5, 5.41) is 4.42. The maximum absolute atomic E-state index is 5.96. The molecule has 13 heavy (non-hydrogen) atoms. The van der Waals surface area contributed by atoms with Crippen LogP contribution in [0.2, 0.25) is 0 Å². The molecule has 3 heteroatoms. The average molecular weight is 220 g/mol. The summed E-state index contributed by atoms with van der Waals surface area (Å²) in [5.74, 6) is 0. The van der Waals surface area contributed by atoms with Gasteiger partial charge in [0.1, 0.15) is 0 Å². The van der Waals surface area contributed by atoms with Gasteiger partial charge in [-0.05, 0) is 27.7 Å². The van der Waals surface area contributed by atoms with Gasteiger partial charge in [-0.1, -0.05) is 35.4 Å².